The summed E-state index contributed by atoms with van der Waals surface area (Å²) in [6.07, 6.45) is 2.00. The van der Waals surface area contributed by atoms with E-state index in [2.05, 4.69) is 5.32 Å². The molecule has 1 aliphatic heterocycles. The van der Waals surface area contributed by atoms with Gasteiger partial charge in [0.2, 0.25) is 0 Å². The van der Waals surface area contributed by atoms with Gasteiger partial charge < -0.3 is 15.5 Å². The van der Waals surface area contributed by atoms with Crippen LogP contribution >= 0.6 is 0 Å². The summed E-state index contributed by atoms with van der Waals surface area (Å²) in [5.74, 6) is -1.20. The first kappa shape index (κ1) is 9.98. The summed E-state index contributed by atoms with van der Waals surface area (Å²) in [5, 5.41) is 21.9. The molecule has 0 aromatic heterocycles. The first-order valence-corrected chi connectivity index (χ1v) is 4.98. The summed E-state index contributed by atoms with van der Waals surface area (Å²) in [6, 6.07) is 4.93. The Morgan fingerprint density at radius 1 is 1.47 bits per heavy atom. The number of nitrogens with one attached hydrogen (secondary N) is 1. The van der Waals surface area contributed by atoms with Crippen molar-refractivity contribution >= 4 is 5.97 Å². The lowest BCUT2D eigenvalue weighted by Gasteiger charge is -2.13. The Hall–Kier alpha value is -1.55. The van der Waals surface area contributed by atoms with Gasteiger partial charge in [-0.25, -0.2) is 4.79 Å². The SMILES string of the molecule is O=C(O)c1cccc([C@H]2CCCN2)c1O. The van der Waals surface area contributed by atoms with Crippen LogP contribution in [-0.4, -0.2) is 22.7 Å². The third kappa shape index (κ3) is 1.80. The molecule has 0 spiro atoms. The largest absolute Gasteiger partial charge is 0.507 e. The fourth-order valence-electron chi connectivity index (χ4n) is 1.97. The highest BCUT2D eigenvalue weighted by molar-refractivity contribution is 5.91. The molecule has 3 N–H and O–H groups in total. The van der Waals surface area contributed by atoms with Gasteiger partial charge >= 0.3 is 5.97 Å². The van der Waals surface area contributed by atoms with Gasteiger partial charge in [-0.3, -0.25) is 0 Å². The zero-order chi connectivity index (χ0) is 10.8. The van der Waals surface area contributed by atoms with Gasteiger partial charge in [0.1, 0.15) is 11.3 Å². The van der Waals surface area contributed by atoms with E-state index in [1.54, 1.807) is 12.1 Å². The minimum Gasteiger partial charge on any atom is -0.507 e. The Labute approximate surface area is 87.6 Å². The molecular formula is C11H13NO3. The van der Waals surface area contributed by atoms with Crippen LogP contribution in [0.3, 0.4) is 0 Å². The van der Waals surface area contributed by atoms with Gasteiger partial charge in [0.05, 0.1) is 0 Å². The molecule has 4 heteroatoms. The third-order valence-electron chi connectivity index (χ3n) is 2.73. The fourth-order valence-corrected chi connectivity index (χ4v) is 1.97. The number of hydrogen-bond acceptors (Lipinski definition) is 3. The molecule has 80 valence electrons. The van der Waals surface area contributed by atoms with Crippen molar-refractivity contribution in [3.8, 4) is 5.75 Å². The highest BCUT2D eigenvalue weighted by atomic mass is 16.4. The maximum atomic E-state index is 10.8. The van der Waals surface area contributed by atoms with Crippen LogP contribution in [0.5, 0.6) is 5.75 Å². The molecule has 2 rings (SSSR count). The quantitative estimate of drug-likeness (QED) is 0.687. The predicted octanol–water partition coefficient (Wildman–Crippen LogP) is 1.51. The van der Waals surface area contributed by atoms with Gasteiger partial charge in [0.15, 0.2) is 0 Å². The summed E-state index contributed by atoms with van der Waals surface area (Å²) in [4.78, 5) is 10.8. The van der Waals surface area contributed by atoms with E-state index in [4.69, 9.17) is 5.11 Å². The van der Waals surface area contributed by atoms with Crippen LogP contribution in [0.15, 0.2) is 18.2 Å². The molecule has 1 heterocycles. The normalized spacial score (nSPS) is 20.4. The molecule has 1 atom stereocenters. The van der Waals surface area contributed by atoms with E-state index in [1.807, 2.05) is 0 Å². The Kier molecular flexibility index (Phi) is 2.60. The number of rotatable bonds is 2. The molecule has 1 aromatic carbocycles. The summed E-state index contributed by atoms with van der Waals surface area (Å²) in [7, 11) is 0. The second-order valence-corrected chi connectivity index (χ2v) is 3.70. The molecule has 0 aliphatic carbocycles. The average molecular weight is 207 g/mol. The number of hydrogen-bond donors (Lipinski definition) is 3. The smallest absolute Gasteiger partial charge is 0.339 e. The molecule has 0 unspecified atom stereocenters. The average Bonchev–Trinajstić information content (AvgIpc) is 2.70. The molecule has 0 bridgehead atoms. The molecule has 1 aliphatic rings. The zero-order valence-electron chi connectivity index (χ0n) is 8.23. The van der Waals surface area contributed by atoms with Crippen molar-refractivity contribution in [3.05, 3.63) is 29.3 Å². The molecule has 1 aromatic rings. The lowest BCUT2D eigenvalue weighted by atomic mass is 10.0. The van der Waals surface area contributed by atoms with Crippen LogP contribution in [-0.2, 0) is 0 Å². The fraction of sp³-hybridized carbons (Fsp3) is 0.364. The van der Waals surface area contributed by atoms with E-state index < -0.39 is 5.97 Å². The highest BCUT2D eigenvalue weighted by Gasteiger charge is 2.22. The summed E-state index contributed by atoms with van der Waals surface area (Å²) in [5.41, 5.74) is 0.661. The van der Waals surface area contributed by atoms with Crippen molar-refractivity contribution in [1.29, 1.82) is 0 Å². The van der Waals surface area contributed by atoms with Gasteiger partial charge in [-0.2, -0.15) is 0 Å². The van der Waals surface area contributed by atoms with Crippen LogP contribution < -0.4 is 5.32 Å². The zero-order valence-corrected chi connectivity index (χ0v) is 8.23. The Morgan fingerprint density at radius 2 is 2.27 bits per heavy atom. The van der Waals surface area contributed by atoms with E-state index in [0.29, 0.717) is 5.56 Å². The van der Waals surface area contributed by atoms with E-state index in [1.165, 1.54) is 6.07 Å². The second-order valence-electron chi connectivity index (χ2n) is 3.70. The standard InChI is InChI=1S/C11H13NO3/c13-10-7(9-5-2-6-12-9)3-1-4-8(10)11(14)15/h1,3-4,9,12-13H,2,5-6H2,(H,14,15)/t9-/m1/s1. The molecule has 0 amide bonds. The first-order valence-electron chi connectivity index (χ1n) is 4.98. The Morgan fingerprint density at radius 3 is 2.87 bits per heavy atom. The number of phenols is 1. The van der Waals surface area contributed by atoms with E-state index in [9.17, 15) is 9.90 Å². The van der Waals surface area contributed by atoms with Crippen molar-refractivity contribution in [3.63, 3.8) is 0 Å². The van der Waals surface area contributed by atoms with Crippen molar-refractivity contribution in [2.75, 3.05) is 6.54 Å². The summed E-state index contributed by atoms with van der Waals surface area (Å²) in [6.45, 7) is 0.918. The number of carboxylic acid groups (broad SMARTS) is 1. The summed E-state index contributed by atoms with van der Waals surface area (Å²) < 4.78 is 0. The van der Waals surface area contributed by atoms with Crippen molar-refractivity contribution < 1.29 is 15.0 Å². The number of para-hydroxylation sites is 1. The summed E-state index contributed by atoms with van der Waals surface area (Å²) >= 11 is 0. The van der Waals surface area contributed by atoms with E-state index in [0.717, 1.165) is 19.4 Å². The number of aromatic carboxylic acids is 1. The molecule has 1 fully saturated rings. The maximum absolute atomic E-state index is 10.8. The minimum atomic E-state index is -1.09. The minimum absolute atomic E-state index is 0.0267. The van der Waals surface area contributed by atoms with Crippen LogP contribution in [0.1, 0.15) is 34.8 Å². The van der Waals surface area contributed by atoms with Gasteiger partial charge in [-0.05, 0) is 25.5 Å². The maximum Gasteiger partial charge on any atom is 0.339 e. The molecule has 1 saturated heterocycles. The van der Waals surface area contributed by atoms with E-state index in [-0.39, 0.29) is 17.4 Å². The van der Waals surface area contributed by atoms with Gasteiger partial charge in [-0.15, -0.1) is 0 Å². The van der Waals surface area contributed by atoms with Crippen LogP contribution in [0.4, 0.5) is 0 Å². The second kappa shape index (κ2) is 3.90. The Balaban J connectivity index is 2.39. The Bertz CT molecular complexity index is 383. The molecule has 15 heavy (non-hydrogen) atoms. The van der Waals surface area contributed by atoms with Gasteiger partial charge in [-0.1, -0.05) is 12.1 Å². The van der Waals surface area contributed by atoms with Gasteiger partial charge in [0.25, 0.3) is 0 Å². The number of carbonyl (C=O) groups is 1. The third-order valence-corrected chi connectivity index (χ3v) is 2.73. The monoisotopic (exact) mass is 207 g/mol. The number of carboxylic acids is 1. The number of benzene rings is 1. The van der Waals surface area contributed by atoms with E-state index >= 15 is 0 Å². The lowest BCUT2D eigenvalue weighted by Crippen LogP contribution is -2.13. The molecule has 0 saturated carbocycles. The highest BCUT2D eigenvalue weighted by Crippen LogP contribution is 2.32. The van der Waals surface area contributed by atoms with Crippen LogP contribution in [0.25, 0.3) is 0 Å². The van der Waals surface area contributed by atoms with Crippen LogP contribution in [0, 0.1) is 0 Å². The van der Waals surface area contributed by atoms with Crippen molar-refractivity contribution in [2.24, 2.45) is 0 Å². The van der Waals surface area contributed by atoms with Crippen LogP contribution in [0.2, 0.25) is 0 Å². The molecule has 0 radical (unpaired) electrons. The molecular weight excluding hydrogens is 194 g/mol. The topological polar surface area (TPSA) is 69.6 Å². The first-order chi connectivity index (χ1) is 7.20. The number of aromatic hydroxyl groups is 1. The predicted molar refractivity (Wildman–Crippen MR) is 55.0 cm³/mol. The van der Waals surface area contributed by atoms with Gasteiger partial charge in [0, 0.05) is 11.6 Å². The van der Waals surface area contributed by atoms with Crippen molar-refractivity contribution in [1.82, 2.24) is 5.32 Å². The molecule has 4 nitrogen and oxygen atoms in total. The lowest BCUT2D eigenvalue weighted by molar-refractivity contribution is 0.0693. The van der Waals surface area contributed by atoms with Crippen molar-refractivity contribution in [2.45, 2.75) is 18.9 Å².